The molecule has 4 rings (SSSR count). The fourth-order valence-corrected chi connectivity index (χ4v) is 3.28. The maximum Gasteiger partial charge on any atom is 0.0956 e. The van der Waals surface area contributed by atoms with Gasteiger partial charge in [-0.05, 0) is 25.8 Å². The molecule has 0 spiro atoms. The van der Waals surface area contributed by atoms with Gasteiger partial charge in [0.2, 0.25) is 0 Å². The molecule has 0 radical (unpaired) electrons. The SMILES string of the molecule is Cc1[nH]c2ccccc2c1-c1ncn2c1CCC(N)C2. The molecular weight excluding hydrogens is 248 g/mol. The number of fused-ring (bicyclic) bond motifs is 2. The standard InChI is InChI=1S/C16H18N4/c1-10-15(12-4-2-3-5-13(12)19-10)16-14-7-6-11(17)8-20(14)9-18-16/h2-5,9,11,19H,6-8,17H2,1H3. The molecule has 1 aliphatic heterocycles. The summed E-state index contributed by atoms with van der Waals surface area (Å²) < 4.78 is 2.21. The Balaban J connectivity index is 1.94. The van der Waals surface area contributed by atoms with Gasteiger partial charge in [0.05, 0.1) is 12.0 Å². The predicted octanol–water partition coefficient (Wildman–Crippen LogP) is 2.61. The number of aryl methyl sites for hydroxylation is 1. The van der Waals surface area contributed by atoms with Crippen molar-refractivity contribution < 1.29 is 0 Å². The van der Waals surface area contributed by atoms with E-state index in [1.807, 2.05) is 6.33 Å². The van der Waals surface area contributed by atoms with E-state index in [0.29, 0.717) is 0 Å². The van der Waals surface area contributed by atoms with Crippen LogP contribution in [0, 0.1) is 6.92 Å². The van der Waals surface area contributed by atoms with Crippen LogP contribution < -0.4 is 5.73 Å². The Morgan fingerprint density at radius 2 is 2.20 bits per heavy atom. The van der Waals surface area contributed by atoms with E-state index in [1.54, 1.807) is 0 Å². The monoisotopic (exact) mass is 266 g/mol. The summed E-state index contributed by atoms with van der Waals surface area (Å²) in [6, 6.07) is 8.67. The van der Waals surface area contributed by atoms with Crippen LogP contribution in [0.2, 0.25) is 0 Å². The molecule has 4 nitrogen and oxygen atoms in total. The van der Waals surface area contributed by atoms with Crippen molar-refractivity contribution in [1.29, 1.82) is 0 Å². The second-order valence-electron chi connectivity index (χ2n) is 5.66. The third kappa shape index (κ3) is 1.61. The fraction of sp³-hybridized carbons (Fsp3) is 0.312. The average molecular weight is 266 g/mol. The Hall–Kier alpha value is -2.07. The number of aromatic amines is 1. The van der Waals surface area contributed by atoms with E-state index in [1.165, 1.54) is 27.9 Å². The number of nitrogens with two attached hydrogens (primary N) is 1. The Morgan fingerprint density at radius 3 is 3.10 bits per heavy atom. The van der Waals surface area contributed by atoms with Crippen LogP contribution in [0.4, 0.5) is 0 Å². The van der Waals surface area contributed by atoms with Gasteiger partial charge in [0.15, 0.2) is 0 Å². The Labute approximate surface area is 117 Å². The largest absolute Gasteiger partial charge is 0.358 e. The number of H-pyrrole nitrogens is 1. The second-order valence-corrected chi connectivity index (χ2v) is 5.66. The molecule has 0 fully saturated rings. The zero-order chi connectivity index (χ0) is 13.7. The van der Waals surface area contributed by atoms with Crippen molar-refractivity contribution >= 4 is 10.9 Å². The number of hydrogen-bond donors (Lipinski definition) is 2. The zero-order valence-electron chi connectivity index (χ0n) is 11.6. The number of rotatable bonds is 1. The van der Waals surface area contributed by atoms with E-state index >= 15 is 0 Å². The summed E-state index contributed by atoms with van der Waals surface area (Å²) in [5.41, 5.74) is 12.1. The predicted molar refractivity (Wildman–Crippen MR) is 80.6 cm³/mol. The number of para-hydroxylation sites is 1. The number of benzene rings is 1. The molecule has 2 aromatic heterocycles. The maximum atomic E-state index is 6.04. The first kappa shape index (κ1) is 11.7. The summed E-state index contributed by atoms with van der Waals surface area (Å²) in [4.78, 5) is 8.13. The highest BCUT2D eigenvalue weighted by molar-refractivity contribution is 5.97. The van der Waals surface area contributed by atoms with Crippen molar-refractivity contribution in [2.24, 2.45) is 5.73 Å². The van der Waals surface area contributed by atoms with Crippen LogP contribution in [-0.4, -0.2) is 20.6 Å². The lowest BCUT2D eigenvalue weighted by Gasteiger charge is -2.21. The Morgan fingerprint density at radius 1 is 1.35 bits per heavy atom. The minimum Gasteiger partial charge on any atom is -0.358 e. The van der Waals surface area contributed by atoms with E-state index in [4.69, 9.17) is 5.73 Å². The number of nitrogens with one attached hydrogen (secondary N) is 1. The molecule has 20 heavy (non-hydrogen) atoms. The summed E-state index contributed by atoms with van der Waals surface area (Å²) >= 11 is 0. The lowest BCUT2D eigenvalue weighted by atomic mass is 10.00. The van der Waals surface area contributed by atoms with Crippen LogP contribution in [0.5, 0.6) is 0 Å². The zero-order valence-corrected chi connectivity index (χ0v) is 11.6. The molecule has 1 unspecified atom stereocenters. The molecule has 0 saturated heterocycles. The van der Waals surface area contributed by atoms with Crippen LogP contribution in [-0.2, 0) is 13.0 Å². The van der Waals surface area contributed by atoms with Gasteiger partial charge >= 0.3 is 0 Å². The molecule has 1 atom stereocenters. The summed E-state index contributed by atoms with van der Waals surface area (Å²) in [5, 5.41) is 1.25. The van der Waals surface area contributed by atoms with Gasteiger partial charge in [-0.2, -0.15) is 0 Å². The van der Waals surface area contributed by atoms with Crippen molar-refractivity contribution in [1.82, 2.24) is 14.5 Å². The minimum absolute atomic E-state index is 0.258. The summed E-state index contributed by atoms with van der Waals surface area (Å²) in [6.45, 7) is 3.00. The average Bonchev–Trinajstić information content (AvgIpc) is 2.97. The van der Waals surface area contributed by atoms with Gasteiger partial charge in [-0.3, -0.25) is 0 Å². The quantitative estimate of drug-likeness (QED) is 0.711. The van der Waals surface area contributed by atoms with E-state index in [9.17, 15) is 0 Å². The number of hydrogen-bond acceptors (Lipinski definition) is 2. The number of aromatic nitrogens is 3. The van der Waals surface area contributed by atoms with Gasteiger partial charge in [0.25, 0.3) is 0 Å². The molecule has 0 amide bonds. The second kappa shape index (κ2) is 4.21. The molecule has 0 bridgehead atoms. The first-order valence-electron chi connectivity index (χ1n) is 7.11. The molecule has 1 aromatic carbocycles. The highest BCUT2D eigenvalue weighted by atomic mass is 15.1. The fourth-order valence-electron chi connectivity index (χ4n) is 3.28. The number of nitrogens with zero attached hydrogens (tertiary/aromatic N) is 2. The Kier molecular flexibility index (Phi) is 2.47. The molecule has 3 N–H and O–H groups in total. The van der Waals surface area contributed by atoms with Gasteiger partial charge in [0, 0.05) is 40.4 Å². The van der Waals surface area contributed by atoms with Gasteiger partial charge in [-0.25, -0.2) is 4.98 Å². The van der Waals surface area contributed by atoms with Crippen LogP contribution >= 0.6 is 0 Å². The molecule has 3 aromatic rings. The third-order valence-electron chi connectivity index (χ3n) is 4.26. The summed E-state index contributed by atoms with van der Waals surface area (Å²) in [5.74, 6) is 0. The first-order valence-corrected chi connectivity index (χ1v) is 7.11. The first-order chi connectivity index (χ1) is 9.74. The molecule has 0 saturated carbocycles. The lowest BCUT2D eigenvalue weighted by Crippen LogP contribution is -2.31. The minimum atomic E-state index is 0.258. The maximum absolute atomic E-state index is 6.04. The van der Waals surface area contributed by atoms with E-state index in [0.717, 1.165) is 25.1 Å². The highest BCUT2D eigenvalue weighted by Gasteiger charge is 2.22. The van der Waals surface area contributed by atoms with Crippen LogP contribution in [0.15, 0.2) is 30.6 Å². The van der Waals surface area contributed by atoms with Gasteiger partial charge < -0.3 is 15.3 Å². The molecule has 3 heterocycles. The molecule has 0 aliphatic carbocycles. The van der Waals surface area contributed by atoms with E-state index in [-0.39, 0.29) is 6.04 Å². The Bertz CT molecular complexity index is 781. The third-order valence-corrected chi connectivity index (χ3v) is 4.26. The van der Waals surface area contributed by atoms with Gasteiger partial charge in [-0.1, -0.05) is 18.2 Å². The van der Waals surface area contributed by atoms with Crippen molar-refractivity contribution in [2.75, 3.05) is 0 Å². The smallest absolute Gasteiger partial charge is 0.0956 e. The van der Waals surface area contributed by atoms with Crippen LogP contribution in [0.1, 0.15) is 17.8 Å². The van der Waals surface area contributed by atoms with Crippen molar-refractivity contribution in [3.05, 3.63) is 42.0 Å². The van der Waals surface area contributed by atoms with Crippen molar-refractivity contribution in [3.8, 4) is 11.3 Å². The van der Waals surface area contributed by atoms with Crippen LogP contribution in [0.3, 0.4) is 0 Å². The van der Waals surface area contributed by atoms with Crippen molar-refractivity contribution in [3.63, 3.8) is 0 Å². The summed E-state index contributed by atoms with van der Waals surface area (Å²) in [7, 11) is 0. The normalized spacial score (nSPS) is 18.4. The molecular formula is C16H18N4. The van der Waals surface area contributed by atoms with E-state index in [2.05, 4.69) is 45.7 Å². The molecule has 4 heteroatoms. The van der Waals surface area contributed by atoms with Gasteiger partial charge in [-0.15, -0.1) is 0 Å². The molecule has 1 aliphatic rings. The highest BCUT2D eigenvalue weighted by Crippen LogP contribution is 2.34. The van der Waals surface area contributed by atoms with Crippen LogP contribution in [0.25, 0.3) is 22.2 Å². The number of imidazole rings is 1. The topological polar surface area (TPSA) is 59.6 Å². The summed E-state index contributed by atoms with van der Waals surface area (Å²) in [6.07, 6.45) is 3.99. The van der Waals surface area contributed by atoms with Crippen molar-refractivity contribution in [2.45, 2.75) is 32.4 Å². The van der Waals surface area contributed by atoms with E-state index < -0.39 is 0 Å². The lowest BCUT2D eigenvalue weighted by molar-refractivity contribution is 0.461. The molecule has 102 valence electrons. The van der Waals surface area contributed by atoms with Gasteiger partial charge in [0.1, 0.15) is 0 Å².